The first kappa shape index (κ1) is 88.3. The molecule has 0 radical (unpaired) electrons. The lowest BCUT2D eigenvalue weighted by Crippen LogP contribution is -2.28. The predicted molar refractivity (Wildman–Crippen MR) is 403 cm³/mol. The van der Waals surface area contributed by atoms with E-state index >= 15 is 0 Å². The minimum atomic E-state index is -0.773. The summed E-state index contributed by atoms with van der Waals surface area (Å²) in [6.45, 7) is 4.09. The number of hydrogen-bond donors (Lipinski definition) is 1. The Labute approximate surface area is 569 Å². The standard InChI is InChI=1S/C86H158O5/c1-3-5-7-9-11-13-15-17-19-21-23-25-27-29-31-33-35-37-39-41-42-43-45-46-48-50-52-54-56-58-60-62-64-66-68-70-72-74-76-78-80-85(88)90-83-84(82-87)91-86(89)81-79-77-75-73-71-69-67-65-63-61-59-57-55-53-51-49-47-44-40-38-36-34-32-30-28-26-24-22-20-18-16-14-12-10-8-6-4-2/h6,8,12,14,18,20,24,26,30,32,36,38,84,87H,3-5,7,9-11,13,15-17,19,21-23,25,27-29,31,33-35,37,39-83H2,1-2H3/b8-6-,14-12-,20-18-,26-24-,32-30-,38-36-. The lowest BCUT2D eigenvalue weighted by atomic mass is 10.0. The van der Waals surface area contributed by atoms with Gasteiger partial charge in [-0.3, -0.25) is 9.59 Å². The quantitative estimate of drug-likeness (QED) is 0.0373. The fraction of sp³-hybridized carbons (Fsp3) is 0.837. The Morgan fingerprint density at radius 1 is 0.264 bits per heavy atom. The molecule has 5 heteroatoms. The summed E-state index contributed by atoms with van der Waals surface area (Å²) < 4.78 is 10.8. The Kier molecular flexibility index (Phi) is 79.2. The van der Waals surface area contributed by atoms with Gasteiger partial charge in [-0.25, -0.2) is 0 Å². The van der Waals surface area contributed by atoms with Crippen LogP contribution in [0, 0.1) is 0 Å². The van der Waals surface area contributed by atoms with Gasteiger partial charge < -0.3 is 14.6 Å². The normalized spacial score (nSPS) is 12.5. The van der Waals surface area contributed by atoms with Gasteiger partial charge in [0, 0.05) is 12.8 Å². The number of carbonyl (C=O) groups excluding carboxylic acids is 2. The van der Waals surface area contributed by atoms with Crippen molar-refractivity contribution in [1.82, 2.24) is 0 Å². The zero-order chi connectivity index (χ0) is 65.4. The second-order valence-electron chi connectivity index (χ2n) is 27.8. The number of rotatable bonds is 77. The van der Waals surface area contributed by atoms with Crippen LogP contribution in [-0.4, -0.2) is 36.4 Å². The van der Waals surface area contributed by atoms with E-state index in [1.165, 1.54) is 347 Å². The molecule has 0 aliphatic rings. The summed E-state index contributed by atoms with van der Waals surface area (Å²) >= 11 is 0. The Bertz CT molecular complexity index is 1590. The molecule has 0 spiro atoms. The summed E-state index contributed by atoms with van der Waals surface area (Å²) in [7, 11) is 0. The first-order valence-corrected chi connectivity index (χ1v) is 41.0. The summed E-state index contributed by atoms with van der Waals surface area (Å²) in [4.78, 5) is 24.7. The summed E-state index contributed by atoms with van der Waals surface area (Å²) in [6, 6.07) is 0. The molecule has 0 aromatic carbocycles. The number of carbonyl (C=O) groups is 2. The molecule has 0 aliphatic carbocycles. The van der Waals surface area contributed by atoms with Crippen molar-refractivity contribution in [1.29, 1.82) is 0 Å². The van der Waals surface area contributed by atoms with E-state index in [0.29, 0.717) is 12.8 Å². The number of ether oxygens (including phenoxy) is 2. The Balaban J connectivity index is 3.37. The molecule has 1 atom stereocenters. The van der Waals surface area contributed by atoms with Crippen molar-refractivity contribution in [2.75, 3.05) is 13.2 Å². The van der Waals surface area contributed by atoms with Crippen molar-refractivity contribution in [3.63, 3.8) is 0 Å². The largest absolute Gasteiger partial charge is 0.462 e. The van der Waals surface area contributed by atoms with Crippen LogP contribution in [0.2, 0.25) is 0 Å². The second kappa shape index (κ2) is 81.6. The molecule has 0 aromatic heterocycles. The highest BCUT2D eigenvalue weighted by Gasteiger charge is 2.16. The zero-order valence-electron chi connectivity index (χ0n) is 61.4. The first-order chi connectivity index (χ1) is 45.1. The van der Waals surface area contributed by atoms with Crippen LogP contribution in [0.15, 0.2) is 72.9 Å². The molecular weight excluding hydrogens is 1110 g/mol. The molecule has 0 heterocycles. The van der Waals surface area contributed by atoms with E-state index < -0.39 is 6.10 Å². The van der Waals surface area contributed by atoms with Gasteiger partial charge in [0.15, 0.2) is 6.10 Å². The summed E-state index contributed by atoms with van der Waals surface area (Å²) in [5.74, 6) is -0.567. The van der Waals surface area contributed by atoms with E-state index in [9.17, 15) is 14.7 Å². The van der Waals surface area contributed by atoms with Crippen molar-refractivity contribution >= 4 is 11.9 Å². The molecule has 0 saturated heterocycles. The number of allylic oxidation sites excluding steroid dienone is 12. The van der Waals surface area contributed by atoms with E-state index in [4.69, 9.17) is 9.47 Å². The van der Waals surface area contributed by atoms with Gasteiger partial charge in [0.1, 0.15) is 6.61 Å². The summed E-state index contributed by atoms with van der Waals surface area (Å²) in [5.41, 5.74) is 0. The van der Waals surface area contributed by atoms with Crippen molar-refractivity contribution < 1.29 is 24.2 Å². The van der Waals surface area contributed by atoms with Crippen LogP contribution in [0.4, 0.5) is 0 Å². The van der Waals surface area contributed by atoms with Crippen LogP contribution in [0.5, 0.6) is 0 Å². The Morgan fingerprint density at radius 3 is 0.714 bits per heavy atom. The molecule has 91 heavy (non-hydrogen) atoms. The molecule has 532 valence electrons. The number of aliphatic hydroxyl groups excluding tert-OH is 1. The van der Waals surface area contributed by atoms with Gasteiger partial charge in [-0.15, -0.1) is 0 Å². The first-order valence-electron chi connectivity index (χ1n) is 41.0. The lowest BCUT2D eigenvalue weighted by molar-refractivity contribution is -0.161. The molecule has 5 nitrogen and oxygen atoms in total. The number of esters is 2. The van der Waals surface area contributed by atoms with E-state index in [2.05, 4.69) is 86.8 Å². The maximum Gasteiger partial charge on any atom is 0.306 e. The summed E-state index contributed by atoms with van der Waals surface area (Å²) in [6.07, 6.45) is 114. The maximum atomic E-state index is 12.4. The van der Waals surface area contributed by atoms with Gasteiger partial charge in [0.25, 0.3) is 0 Å². The van der Waals surface area contributed by atoms with Crippen molar-refractivity contribution in [2.24, 2.45) is 0 Å². The van der Waals surface area contributed by atoms with E-state index in [1.54, 1.807) is 0 Å². The van der Waals surface area contributed by atoms with Crippen molar-refractivity contribution in [2.45, 2.75) is 450 Å². The molecule has 1 unspecified atom stereocenters. The maximum absolute atomic E-state index is 12.4. The van der Waals surface area contributed by atoms with Crippen molar-refractivity contribution in [3.05, 3.63) is 72.9 Å². The molecule has 0 saturated carbocycles. The minimum Gasteiger partial charge on any atom is -0.462 e. The predicted octanol–water partition coefficient (Wildman–Crippen LogP) is 28.9. The van der Waals surface area contributed by atoms with Crippen LogP contribution < -0.4 is 0 Å². The fourth-order valence-electron chi connectivity index (χ4n) is 12.7. The van der Waals surface area contributed by atoms with Crippen LogP contribution in [0.25, 0.3) is 0 Å². The number of hydrogen-bond acceptors (Lipinski definition) is 5. The van der Waals surface area contributed by atoms with E-state index in [-0.39, 0.29) is 25.2 Å². The third kappa shape index (κ3) is 79.7. The van der Waals surface area contributed by atoms with E-state index in [1.807, 2.05) is 0 Å². The van der Waals surface area contributed by atoms with Gasteiger partial charge in [-0.2, -0.15) is 0 Å². The average Bonchev–Trinajstić information content (AvgIpc) is 3.69. The monoisotopic (exact) mass is 1270 g/mol. The molecule has 0 amide bonds. The van der Waals surface area contributed by atoms with Gasteiger partial charge in [0.2, 0.25) is 0 Å². The van der Waals surface area contributed by atoms with Crippen LogP contribution >= 0.6 is 0 Å². The van der Waals surface area contributed by atoms with Crippen LogP contribution in [-0.2, 0) is 19.1 Å². The smallest absolute Gasteiger partial charge is 0.306 e. The van der Waals surface area contributed by atoms with Gasteiger partial charge >= 0.3 is 11.9 Å². The average molecular weight is 1270 g/mol. The third-order valence-corrected chi connectivity index (χ3v) is 18.8. The highest BCUT2D eigenvalue weighted by Crippen LogP contribution is 2.20. The molecular formula is C86H158O5. The SMILES string of the molecule is CC/C=C\C/C=C\C/C=C\C/C=C\C/C=C\C/C=C\CCCCCCCCCCCCCCCCCCCCC(=O)OC(CO)COC(=O)CCCCCCCCCCCCCCCCCCCCCCCCCCCCCCCCCCCCCCCCCC. The zero-order valence-corrected chi connectivity index (χ0v) is 61.4. The minimum absolute atomic E-state index is 0.0610. The van der Waals surface area contributed by atoms with Crippen LogP contribution in [0.3, 0.4) is 0 Å². The van der Waals surface area contributed by atoms with Crippen molar-refractivity contribution in [3.8, 4) is 0 Å². The molecule has 0 bridgehead atoms. The molecule has 0 rings (SSSR count). The molecule has 0 aliphatic heterocycles. The Morgan fingerprint density at radius 2 is 0.473 bits per heavy atom. The molecule has 0 aromatic rings. The van der Waals surface area contributed by atoms with Gasteiger partial charge in [-0.1, -0.05) is 440 Å². The van der Waals surface area contributed by atoms with Gasteiger partial charge in [-0.05, 0) is 64.2 Å². The number of unbranched alkanes of at least 4 members (excludes halogenated alkanes) is 57. The van der Waals surface area contributed by atoms with E-state index in [0.717, 1.165) is 70.6 Å². The third-order valence-electron chi connectivity index (χ3n) is 18.8. The number of aliphatic hydroxyl groups is 1. The lowest BCUT2D eigenvalue weighted by Gasteiger charge is -2.15. The fourth-order valence-corrected chi connectivity index (χ4v) is 12.7. The highest BCUT2D eigenvalue weighted by molar-refractivity contribution is 5.70. The highest BCUT2D eigenvalue weighted by atomic mass is 16.6. The summed E-state index contributed by atoms with van der Waals surface area (Å²) in [5, 5.41) is 9.73. The second-order valence-corrected chi connectivity index (χ2v) is 27.8. The van der Waals surface area contributed by atoms with Crippen LogP contribution in [0.1, 0.15) is 444 Å². The van der Waals surface area contributed by atoms with Gasteiger partial charge in [0.05, 0.1) is 6.61 Å². The molecule has 1 N–H and O–H groups in total. The topological polar surface area (TPSA) is 72.8 Å². The Hall–Kier alpha value is -2.66. The molecule has 0 fully saturated rings.